The first-order valence-corrected chi connectivity index (χ1v) is 9.61. The minimum Gasteiger partial charge on any atom is -0.368 e. The molecular formula is C20H21FN6O3. The minimum atomic E-state index is -0.406. The lowest BCUT2D eigenvalue weighted by Gasteiger charge is -2.32. The van der Waals surface area contributed by atoms with Gasteiger partial charge in [-0.05, 0) is 31.2 Å². The average molecular weight is 412 g/mol. The lowest BCUT2D eigenvalue weighted by Crippen LogP contribution is -2.42. The van der Waals surface area contributed by atoms with Gasteiger partial charge < -0.3 is 19.5 Å². The summed E-state index contributed by atoms with van der Waals surface area (Å²) in [6.45, 7) is 3.10. The third-order valence-corrected chi connectivity index (χ3v) is 4.63. The fourth-order valence-corrected chi connectivity index (χ4v) is 3.15. The molecule has 9 nitrogen and oxygen atoms in total. The van der Waals surface area contributed by atoms with Crippen molar-refractivity contribution in [2.45, 2.75) is 25.9 Å². The number of aromatic nitrogens is 4. The molecule has 0 aromatic carbocycles. The van der Waals surface area contributed by atoms with Gasteiger partial charge in [0.2, 0.25) is 11.8 Å². The van der Waals surface area contributed by atoms with Crippen LogP contribution in [0.1, 0.15) is 29.9 Å². The van der Waals surface area contributed by atoms with Gasteiger partial charge >= 0.3 is 0 Å². The highest BCUT2D eigenvalue weighted by molar-refractivity contribution is 5.76. The molecule has 0 bridgehead atoms. The van der Waals surface area contributed by atoms with Crippen LogP contribution in [0.15, 0.2) is 41.1 Å². The van der Waals surface area contributed by atoms with Crippen LogP contribution in [-0.2, 0) is 16.0 Å². The number of rotatable bonds is 6. The molecule has 1 amide bonds. The number of aryl methyl sites for hydroxylation is 2. The van der Waals surface area contributed by atoms with Gasteiger partial charge in [-0.15, -0.1) is 0 Å². The molecule has 3 aromatic rings. The van der Waals surface area contributed by atoms with Crippen molar-refractivity contribution in [3.63, 3.8) is 0 Å². The van der Waals surface area contributed by atoms with Crippen LogP contribution in [-0.4, -0.2) is 50.6 Å². The Bertz CT molecular complexity index is 1010. The fourth-order valence-electron chi connectivity index (χ4n) is 3.15. The van der Waals surface area contributed by atoms with Crippen molar-refractivity contribution in [3.8, 4) is 0 Å². The molecule has 1 N–H and O–H groups in total. The summed E-state index contributed by atoms with van der Waals surface area (Å²) in [6, 6.07) is 8.33. The molecule has 4 heterocycles. The number of ether oxygens (including phenoxy) is 1. The van der Waals surface area contributed by atoms with E-state index in [9.17, 15) is 9.18 Å². The van der Waals surface area contributed by atoms with Gasteiger partial charge in [-0.1, -0.05) is 11.2 Å². The molecule has 1 atom stereocenters. The SMILES string of the molecule is Cc1noc(CCC(=O)N2CCO[C@@H](c3cccc(Nc4ccc(F)cn4)n3)C2)n1. The number of anilines is 2. The van der Waals surface area contributed by atoms with Crippen LogP contribution in [0, 0.1) is 12.7 Å². The lowest BCUT2D eigenvalue weighted by atomic mass is 10.1. The van der Waals surface area contributed by atoms with Crippen molar-refractivity contribution < 1.29 is 18.4 Å². The second kappa shape index (κ2) is 8.95. The van der Waals surface area contributed by atoms with Gasteiger partial charge in [-0.25, -0.2) is 14.4 Å². The van der Waals surface area contributed by atoms with E-state index in [0.29, 0.717) is 61.6 Å². The zero-order valence-electron chi connectivity index (χ0n) is 16.4. The number of halogens is 1. The van der Waals surface area contributed by atoms with Crippen LogP contribution >= 0.6 is 0 Å². The molecule has 1 fully saturated rings. The summed E-state index contributed by atoms with van der Waals surface area (Å²) in [6.07, 6.45) is 1.50. The Labute approximate surface area is 172 Å². The molecule has 1 aliphatic heterocycles. The first-order valence-electron chi connectivity index (χ1n) is 9.61. The van der Waals surface area contributed by atoms with Crippen molar-refractivity contribution in [3.05, 3.63) is 59.8 Å². The van der Waals surface area contributed by atoms with Gasteiger partial charge in [0.15, 0.2) is 5.82 Å². The molecule has 30 heavy (non-hydrogen) atoms. The Hall–Kier alpha value is -3.40. The number of carbonyl (C=O) groups is 1. The van der Waals surface area contributed by atoms with Crippen LogP contribution < -0.4 is 5.32 Å². The second-order valence-corrected chi connectivity index (χ2v) is 6.87. The predicted octanol–water partition coefficient (Wildman–Crippen LogP) is 2.58. The van der Waals surface area contributed by atoms with Crippen LogP contribution in [0.5, 0.6) is 0 Å². The topological polar surface area (TPSA) is 106 Å². The molecule has 156 valence electrons. The summed E-state index contributed by atoms with van der Waals surface area (Å²) in [5, 5.41) is 6.77. The van der Waals surface area contributed by atoms with Gasteiger partial charge in [-0.3, -0.25) is 4.79 Å². The Morgan fingerprint density at radius 2 is 2.17 bits per heavy atom. The summed E-state index contributed by atoms with van der Waals surface area (Å²) >= 11 is 0. The molecule has 0 radical (unpaired) electrons. The summed E-state index contributed by atoms with van der Waals surface area (Å²) in [5.74, 6) is 1.66. The molecule has 4 rings (SSSR count). The summed E-state index contributed by atoms with van der Waals surface area (Å²) < 4.78 is 23.9. The molecule has 0 unspecified atom stereocenters. The molecule has 1 saturated heterocycles. The van der Waals surface area contributed by atoms with Gasteiger partial charge in [-0.2, -0.15) is 4.98 Å². The molecule has 0 saturated carbocycles. The highest BCUT2D eigenvalue weighted by atomic mass is 19.1. The lowest BCUT2D eigenvalue weighted by molar-refractivity contribution is -0.139. The smallest absolute Gasteiger partial charge is 0.227 e. The largest absolute Gasteiger partial charge is 0.368 e. The number of amides is 1. The van der Waals surface area contributed by atoms with E-state index in [1.807, 2.05) is 12.1 Å². The van der Waals surface area contributed by atoms with E-state index in [2.05, 4.69) is 25.4 Å². The Balaban J connectivity index is 1.37. The minimum absolute atomic E-state index is 0.00365. The van der Waals surface area contributed by atoms with Crippen molar-refractivity contribution >= 4 is 17.5 Å². The molecule has 10 heteroatoms. The van der Waals surface area contributed by atoms with Gasteiger partial charge in [0.1, 0.15) is 23.6 Å². The van der Waals surface area contributed by atoms with E-state index >= 15 is 0 Å². The van der Waals surface area contributed by atoms with Gasteiger partial charge in [0.25, 0.3) is 0 Å². The maximum Gasteiger partial charge on any atom is 0.227 e. The van der Waals surface area contributed by atoms with Crippen LogP contribution in [0.25, 0.3) is 0 Å². The fraction of sp³-hybridized carbons (Fsp3) is 0.350. The monoisotopic (exact) mass is 412 g/mol. The van der Waals surface area contributed by atoms with Crippen molar-refractivity contribution in [1.82, 2.24) is 25.0 Å². The summed E-state index contributed by atoms with van der Waals surface area (Å²) in [7, 11) is 0. The Morgan fingerprint density at radius 1 is 1.27 bits per heavy atom. The molecule has 0 spiro atoms. The third kappa shape index (κ3) is 4.95. The van der Waals surface area contributed by atoms with Crippen molar-refractivity contribution in [2.24, 2.45) is 0 Å². The number of hydrogen-bond acceptors (Lipinski definition) is 8. The van der Waals surface area contributed by atoms with Crippen molar-refractivity contribution in [2.75, 3.05) is 25.0 Å². The number of hydrogen-bond donors (Lipinski definition) is 1. The van der Waals surface area contributed by atoms with Gasteiger partial charge in [0, 0.05) is 19.4 Å². The zero-order valence-corrected chi connectivity index (χ0v) is 16.4. The maximum atomic E-state index is 13.0. The summed E-state index contributed by atoms with van der Waals surface area (Å²) in [5.41, 5.74) is 0.701. The number of carbonyl (C=O) groups excluding carboxylic acids is 1. The number of nitrogens with zero attached hydrogens (tertiary/aromatic N) is 5. The van der Waals surface area contributed by atoms with E-state index in [0.717, 1.165) is 6.20 Å². The van der Waals surface area contributed by atoms with E-state index in [-0.39, 0.29) is 12.0 Å². The normalized spacial score (nSPS) is 16.5. The first-order chi connectivity index (χ1) is 14.6. The maximum absolute atomic E-state index is 13.0. The molecule has 3 aromatic heterocycles. The van der Waals surface area contributed by atoms with E-state index in [1.54, 1.807) is 17.9 Å². The standard InChI is InChI=1S/C20H21FN6O3/c1-13-23-19(30-26-13)7-8-20(28)27-9-10-29-16(12-27)15-3-2-4-18(24-15)25-17-6-5-14(21)11-22-17/h2-6,11,16H,7-10,12H2,1H3,(H,22,24,25)/t16-/m1/s1. The number of nitrogens with one attached hydrogen (secondary N) is 1. The highest BCUT2D eigenvalue weighted by Gasteiger charge is 2.26. The summed E-state index contributed by atoms with van der Waals surface area (Å²) in [4.78, 5) is 27.0. The number of morpholine rings is 1. The van der Waals surface area contributed by atoms with Crippen LogP contribution in [0.4, 0.5) is 16.0 Å². The predicted molar refractivity (Wildman–Crippen MR) is 104 cm³/mol. The van der Waals surface area contributed by atoms with Crippen LogP contribution in [0.3, 0.4) is 0 Å². The van der Waals surface area contributed by atoms with E-state index in [1.165, 1.54) is 12.1 Å². The number of pyridine rings is 2. The molecular weight excluding hydrogens is 391 g/mol. The average Bonchev–Trinajstić information content (AvgIpc) is 3.19. The van der Waals surface area contributed by atoms with E-state index in [4.69, 9.17) is 9.26 Å². The van der Waals surface area contributed by atoms with E-state index < -0.39 is 5.82 Å². The third-order valence-electron chi connectivity index (χ3n) is 4.63. The first kappa shape index (κ1) is 19.9. The van der Waals surface area contributed by atoms with Gasteiger partial charge in [0.05, 0.1) is 25.0 Å². The zero-order chi connectivity index (χ0) is 20.9. The van der Waals surface area contributed by atoms with Crippen molar-refractivity contribution in [1.29, 1.82) is 0 Å². The van der Waals surface area contributed by atoms with Crippen LogP contribution in [0.2, 0.25) is 0 Å². The Morgan fingerprint density at radius 3 is 2.93 bits per heavy atom. The Kier molecular flexibility index (Phi) is 5.94. The highest BCUT2D eigenvalue weighted by Crippen LogP contribution is 2.23. The molecule has 0 aliphatic carbocycles. The molecule has 1 aliphatic rings. The second-order valence-electron chi connectivity index (χ2n) is 6.87. The quantitative estimate of drug-likeness (QED) is 0.658.